The van der Waals surface area contributed by atoms with Crippen LogP contribution in [0, 0.1) is 0 Å². The third kappa shape index (κ3) is 2.14. The molecule has 3 aliphatic heterocycles. The van der Waals surface area contributed by atoms with E-state index in [0.717, 1.165) is 9.80 Å². The van der Waals surface area contributed by atoms with Crippen LogP contribution in [0.15, 0.2) is 0 Å². The molecule has 4 amide bonds. The van der Waals surface area contributed by atoms with Gasteiger partial charge in [-0.2, -0.15) is 0 Å². The molecule has 0 aliphatic carbocycles. The van der Waals surface area contributed by atoms with Gasteiger partial charge in [-0.1, -0.05) is 13.8 Å². The van der Waals surface area contributed by atoms with Crippen LogP contribution in [-0.2, 0) is 28.7 Å². The maximum Gasteiger partial charge on any atom is 0.234 e. The molecule has 0 N–H and O–H groups in total. The first-order chi connectivity index (χ1) is 10.5. The standard InChI is InChI=1S/C14H18N2O6/c1-3-9(17)15-11(19)5-7-13(15)21-8-6-12(20)16(10(18)4-2)14(8)22-7/h7-8,13-14H,3-6H2,1-2H3/t7-,8-,13-,14-/m1/s1. The van der Waals surface area contributed by atoms with Gasteiger partial charge in [0.25, 0.3) is 0 Å². The van der Waals surface area contributed by atoms with Crippen molar-refractivity contribution >= 4 is 23.6 Å². The minimum Gasteiger partial charge on any atom is -0.347 e. The average molecular weight is 310 g/mol. The molecule has 3 heterocycles. The second-order valence-electron chi connectivity index (χ2n) is 5.56. The summed E-state index contributed by atoms with van der Waals surface area (Å²) in [7, 11) is 0. The van der Waals surface area contributed by atoms with Gasteiger partial charge < -0.3 is 9.47 Å². The van der Waals surface area contributed by atoms with E-state index in [4.69, 9.17) is 9.47 Å². The number of hydrogen-bond donors (Lipinski definition) is 0. The first kappa shape index (κ1) is 15.1. The van der Waals surface area contributed by atoms with Crippen molar-refractivity contribution in [3.05, 3.63) is 0 Å². The van der Waals surface area contributed by atoms with Crippen molar-refractivity contribution < 1.29 is 28.7 Å². The predicted octanol–water partition coefficient (Wildman–Crippen LogP) is -0.240. The number of rotatable bonds is 2. The second-order valence-corrected chi connectivity index (χ2v) is 5.56. The Kier molecular flexibility index (Phi) is 3.73. The Hall–Kier alpha value is -1.80. The van der Waals surface area contributed by atoms with Gasteiger partial charge in [-0.25, -0.2) is 0 Å². The normalized spacial score (nSPS) is 33.9. The van der Waals surface area contributed by atoms with Crippen molar-refractivity contribution in [2.24, 2.45) is 0 Å². The Labute approximate surface area is 127 Å². The number of likely N-dealkylation sites (tertiary alicyclic amines) is 2. The topological polar surface area (TPSA) is 93.2 Å². The first-order valence-electron chi connectivity index (χ1n) is 7.48. The number of carbonyl (C=O) groups excluding carboxylic acids is 4. The molecule has 8 nitrogen and oxygen atoms in total. The van der Waals surface area contributed by atoms with E-state index in [2.05, 4.69) is 0 Å². The number of imide groups is 2. The van der Waals surface area contributed by atoms with Gasteiger partial charge in [0, 0.05) is 12.8 Å². The third-order valence-electron chi connectivity index (χ3n) is 4.20. The molecular weight excluding hydrogens is 292 g/mol. The number of carbonyl (C=O) groups is 4. The van der Waals surface area contributed by atoms with E-state index in [-0.39, 0.29) is 49.3 Å². The summed E-state index contributed by atoms with van der Waals surface area (Å²) in [6.45, 7) is 3.33. The lowest BCUT2D eigenvalue weighted by Gasteiger charge is -2.38. The highest BCUT2D eigenvalue weighted by Crippen LogP contribution is 2.37. The molecule has 0 aromatic carbocycles. The van der Waals surface area contributed by atoms with Crippen LogP contribution in [0.4, 0.5) is 0 Å². The van der Waals surface area contributed by atoms with Crippen LogP contribution in [0.1, 0.15) is 39.5 Å². The van der Waals surface area contributed by atoms with Gasteiger partial charge in [0.15, 0.2) is 12.5 Å². The number of fused-ring (bicyclic) bond motifs is 2. The Morgan fingerprint density at radius 3 is 1.59 bits per heavy atom. The van der Waals surface area contributed by atoms with Gasteiger partial charge in [-0.15, -0.1) is 0 Å². The molecule has 3 fully saturated rings. The van der Waals surface area contributed by atoms with Gasteiger partial charge >= 0.3 is 0 Å². The fourth-order valence-corrected chi connectivity index (χ4v) is 3.15. The quantitative estimate of drug-likeness (QED) is 0.699. The van der Waals surface area contributed by atoms with Crippen molar-refractivity contribution in [1.29, 1.82) is 0 Å². The maximum absolute atomic E-state index is 12.0. The zero-order chi connectivity index (χ0) is 16.0. The van der Waals surface area contributed by atoms with E-state index >= 15 is 0 Å². The number of ether oxygens (including phenoxy) is 2. The third-order valence-corrected chi connectivity index (χ3v) is 4.20. The highest BCUT2D eigenvalue weighted by Gasteiger charge is 2.56. The fourth-order valence-electron chi connectivity index (χ4n) is 3.15. The van der Waals surface area contributed by atoms with Crippen LogP contribution in [0.3, 0.4) is 0 Å². The van der Waals surface area contributed by atoms with E-state index in [0.29, 0.717) is 0 Å². The van der Waals surface area contributed by atoms with Gasteiger partial charge in [-0.3, -0.25) is 29.0 Å². The van der Waals surface area contributed by atoms with Crippen LogP contribution in [0.2, 0.25) is 0 Å². The molecule has 22 heavy (non-hydrogen) atoms. The summed E-state index contributed by atoms with van der Waals surface area (Å²) < 4.78 is 11.6. The number of amides is 4. The van der Waals surface area contributed by atoms with Gasteiger partial charge in [0.05, 0.1) is 12.8 Å². The lowest BCUT2D eigenvalue weighted by Crippen LogP contribution is -2.55. The van der Waals surface area contributed by atoms with Crippen LogP contribution in [-0.4, -0.2) is 58.1 Å². The first-order valence-corrected chi connectivity index (χ1v) is 7.48. The molecule has 0 saturated carbocycles. The number of hydrogen-bond acceptors (Lipinski definition) is 6. The summed E-state index contributed by atoms with van der Waals surface area (Å²) in [5, 5.41) is 0. The molecule has 3 aliphatic rings. The Morgan fingerprint density at radius 1 is 0.909 bits per heavy atom. The molecule has 0 spiro atoms. The van der Waals surface area contributed by atoms with Crippen molar-refractivity contribution in [2.75, 3.05) is 0 Å². The molecule has 0 radical (unpaired) electrons. The summed E-state index contributed by atoms with van der Waals surface area (Å²) in [4.78, 5) is 49.9. The van der Waals surface area contributed by atoms with E-state index in [1.807, 2.05) is 0 Å². The van der Waals surface area contributed by atoms with Crippen LogP contribution in [0.25, 0.3) is 0 Å². The molecular formula is C14H18N2O6. The van der Waals surface area contributed by atoms with Crippen LogP contribution < -0.4 is 0 Å². The molecule has 4 atom stereocenters. The van der Waals surface area contributed by atoms with Crippen molar-refractivity contribution in [2.45, 2.75) is 64.2 Å². The predicted molar refractivity (Wildman–Crippen MR) is 70.8 cm³/mol. The molecule has 3 rings (SSSR count). The minimum absolute atomic E-state index is 0.0158. The van der Waals surface area contributed by atoms with Crippen molar-refractivity contribution in [1.82, 2.24) is 9.80 Å². The lowest BCUT2D eigenvalue weighted by molar-refractivity contribution is -0.250. The summed E-state index contributed by atoms with van der Waals surface area (Å²) in [5.41, 5.74) is 0. The lowest BCUT2D eigenvalue weighted by atomic mass is 10.2. The van der Waals surface area contributed by atoms with Gasteiger partial charge in [0.2, 0.25) is 23.6 Å². The largest absolute Gasteiger partial charge is 0.347 e. The van der Waals surface area contributed by atoms with E-state index in [1.54, 1.807) is 13.8 Å². The molecule has 0 aromatic rings. The fraction of sp³-hybridized carbons (Fsp3) is 0.714. The summed E-state index contributed by atoms with van der Waals surface area (Å²) in [6, 6.07) is 0. The Morgan fingerprint density at radius 2 is 1.27 bits per heavy atom. The van der Waals surface area contributed by atoms with E-state index in [9.17, 15) is 19.2 Å². The van der Waals surface area contributed by atoms with Gasteiger partial charge in [-0.05, 0) is 0 Å². The maximum atomic E-state index is 12.0. The summed E-state index contributed by atoms with van der Waals surface area (Å²) >= 11 is 0. The second kappa shape index (κ2) is 5.44. The minimum atomic E-state index is -0.800. The summed E-state index contributed by atoms with van der Waals surface area (Å²) in [6.07, 6.45) is -2.47. The zero-order valence-electron chi connectivity index (χ0n) is 12.5. The Bertz CT molecular complexity index is 499. The van der Waals surface area contributed by atoms with Crippen LogP contribution in [0.5, 0.6) is 0 Å². The highest BCUT2D eigenvalue weighted by atomic mass is 16.6. The molecule has 0 bridgehead atoms. The van der Waals surface area contributed by atoms with Crippen LogP contribution >= 0.6 is 0 Å². The number of nitrogens with zero attached hydrogens (tertiary/aromatic N) is 2. The average Bonchev–Trinajstić information content (AvgIpc) is 2.98. The monoisotopic (exact) mass is 310 g/mol. The molecule has 0 aromatic heterocycles. The van der Waals surface area contributed by atoms with Crippen molar-refractivity contribution in [3.63, 3.8) is 0 Å². The van der Waals surface area contributed by atoms with E-state index in [1.165, 1.54) is 0 Å². The van der Waals surface area contributed by atoms with E-state index < -0.39 is 24.7 Å². The highest BCUT2D eigenvalue weighted by molar-refractivity contribution is 5.98. The molecule has 0 unspecified atom stereocenters. The molecule has 8 heteroatoms. The zero-order valence-corrected chi connectivity index (χ0v) is 12.5. The SMILES string of the molecule is CCC(=O)N1C(=O)C[C@H]2O[C@@H]3[C@@H](CC(=O)N3C(=O)CC)O[C@H]21. The van der Waals surface area contributed by atoms with Crippen molar-refractivity contribution in [3.8, 4) is 0 Å². The smallest absolute Gasteiger partial charge is 0.234 e. The summed E-state index contributed by atoms with van der Waals surface area (Å²) in [5.74, 6) is -1.35. The Balaban J connectivity index is 1.82. The molecule has 3 saturated heterocycles. The van der Waals surface area contributed by atoms with Gasteiger partial charge in [0.1, 0.15) is 12.2 Å². The molecule has 120 valence electrons.